The highest BCUT2D eigenvalue weighted by atomic mass is 16.2. The van der Waals surface area contributed by atoms with E-state index in [1.807, 2.05) is 12.1 Å². The van der Waals surface area contributed by atoms with Crippen LogP contribution in [0.4, 0.5) is 0 Å². The molecule has 186 valence electrons. The predicted octanol–water partition coefficient (Wildman–Crippen LogP) is 4.22. The molecule has 1 saturated carbocycles. The summed E-state index contributed by atoms with van der Waals surface area (Å²) in [6.07, 6.45) is 14.4. The van der Waals surface area contributed by atoms with Crippen LogP contribution in [-0.2, 0) is 4.79 Å². The molecule has 0 bridgehead atoms. The number of hydrogen-bond acceptors (Lipinski definition) is 4. The minimum absolute atomic E-state index is 0.131. The summed E-state index contributed by atoms with van der Waals surface area (Å²) in [6.45, 7) is 7.27. The van der Waals surface area contributed by atoms with Crippen molar-refractivity contribution in [1.82, 2.24) is 19.7 Å². The van der Waals surface area contributed by atoms with Gasteiger partial charge >= 0.3 is 0 Å². The first kappa shape index (κ1) is 23.8. The number of rotatable bonds is 9. The van der Waals surface area contributed by atoms with Crippen molar-refractivity contribution in [3.63, 3.8) is 0 Å². The molecule has 4 fully saturated rings. The standard InChI is InChI=1S/C28H42N4O2/c1-2-15-31(19-21-12-13-21)26(33)11-3-10-25-24-9-6-17-30-16-5-8-23(27(24)30)20-32(25)28(34)22-7-4-14-29-18-22/h4,7,14,18,21,23-25,27H,2-3,5-6,8-13,15-17,19-20H2,1H3/t23-,24+,25+,27-/m0/s1. The van der Waals surface area contributed by atoms with Gasteiger partial charge in [0.15, 0.2) is 0 Å². The molecule has 5 rings (SSSR count). The van der Waals surface area contributed by atoms with Gasteiger partial charge in [0.2, 0.25) is 5.91 Å². The number of carbonyl (C=O) groups excluding carboxylic acids is 2. The molecule has 0 aromatic carbocycles. The summed E-state index contributed by atoms with van der Waals surface area (Å²) in [7, 11) is 0. The molecule has 1 aromatic heterocycles. The third-order valence-electron chi connectivity index (χ3n) is 8.75. The minimum Gasteiger partial charge on any atom is -0.342 e. The summed E-state index contributed by atoms with van der Waals surface area (Å²) < 4.78 is 0. The first-order valence-corrected chi connectivity index (χ1v) is 13.9. The zero-order valence-electron chi connectivity index (χ0n) is 20.9. The van der Waals surface area contributed by atoms with Crippen molar-refractivity contribution in [2.24, 2.45) is 17.8 Å². The molecular weight excluding hydrogens is 424 g/mol. The summed E-state index contributed by atoms with van der Waals surface area (Å²) in [6, 6.07) is 4.60. The molecule has 1 aliphatic carbocycles. The van der Waals surface area contributed by atoms with Gasteiger partial charge in [-0.05, 0) is 101 Å². The highest BCUT2D eigenvalue weighted by molar-refractivity contribution is 5.94. The molecule has 1 aromatic rings. The van der Waals surface area contributed by atoms with Gasteiger partial charge in [-0.2, -0.15) is 0 Å². The van der Waals surface area contributed by atoms with Crippen LogP contribution in [0, 0.1) is 17.8 Å². The zero-order chi connectivity index (χ0) is 23.5. The number of piperidine rings is 3. The number of nitrogens with zero attached hydrogens (tertiary/aromatic N) is 4. The van der Waals surface area contributed by atoms with Crippen molar-refractivity contribution >= 4 is 11.8 Å². The van der Waals surface area contributed by atoms with E-state index in [2.05, 4.69) is 26.6 Å². The summed E-state index contributed by atoms with van der Waals surface area (Å²) in [5.41, 5.74) is 0.698. The Balaban J connectivity index is 1.30. The van der Waals surface area contributed by atoms with Gasteiger partial charge in [-0.15, -0.1) is 0 Å². The number of likely N-dealkylation sites (tertiary alicyclic amines) is 1. The Bertz CT molecular complexity index is 840. The average Bonchev–Trinajstić information content (AvgIpc) is 3.69. The van der Waals surface area contributed by atoms with Crippen LogP contribution in [0.3, 0.4) is 0 Å². The molecule has 2 amide bonds. The molecule has 6 heteroatoms. The van der Waals surface area contributed by atoms with E-state index in [0.717, 1.165) is 44.8 Å². The Morgan fingerprint density at radius 1 is 1.15 bits per heavy atom. The third-order valence-corrected chi connectivity index (χ3v) is 8.75. The van der Waals surface area contributed by atoms with Gasteiger partial charge in [-0.3, -0.25) is 19.5 Å². The first-order chi connectivity index (χ1) is 16.7. The van der Waals surface area contributed by atoms with Gasteiger partial charge in [-0.25, -0.2) is 0 Å². The zero-order valence-corrected chi connectivity index (χ0v) is 20.9. The number of carbonyl (C=O) groups is 2. The Morgan fingerprint density at radius 3 is 2.71 bits per heavy atom. The van der Waals surface area contributed by atoms with Gasteiger partial charge in [0.1, 0.15) is 0 Å². The van der Waals surface area contributed by atoms with Gasteiger partial charge in [0.25, 0.3) is 5.91 Å². The van der Waals surface area contributed by atoms with Gasteiger partial charge < -0.3 is 9.80 Å². The van der Waals surface area contributed by atoms with Gasteiger partial charge in [0.05, 0.1) is 5.56 Å². The minimum atomic E-state index is 0.131. The lowest BCUT2D eigenvalue weighted by atomic mass is 9.69. The Hall–Kier alpha value is -1.95. The molecule has 4 heterocycles. The molecule has 6 nitrogen and oxygen atoms in total. The average molecular weight is 467 g/mol. The smallest absolute Gasteiger partial charge is 0.255 e. The van der Waals surface area contributed by atoms with E-state index >= 15 is 0 Å². The fraction of sp³-hybridized carbons (Fsp3) is 0.750. The van der Waals surface area contributed by atoms with Gasteiger partial charge in [0, 0.05) is 50.5 Å². The largest absolute Gasteiger partial charge is 0.342 e. The summed E-state index contributed by atoms with van der Waals surface area (Å²) in [5.74, 6) is 2.29. The van der Waals surface area contributed by atoms with Gasteiger partial charge in [-0.1, -0.05) is 6.92 Å². The number of pyridine rings is 1. The predicted molar refractivity (Wildman–Crippen MR) is 133 cm³/mol. The molecule has 3 saturated heterocycles. The Morgan fingerprint density at radius 2 is 1.97 bits per heavy atom. The van der Waals surface area contributed by atoms with Crippen molar-refractivity contribution in [3.8, 4) is 0 Å². The molecular formula is C28H42N4O2. The van der Waals surface area contributed by atoms with Crippen LogP contribution in [0.15, 0.2) is 24.5 Å². The number of amides is 2. The van der Waals surface area contributed by atoms with Crippen LogP contribution in [0.25, 0.3) is 0 Å². The first-order valence-electron chi connectivity index (χ1n) is 13.9. The summed E-state index contributed by atoms with van der Waals surface area (Å²) >= 11 is 0. The van der Waals surface area contributed by atoms with E-state index in [1.165, 1.54) is 51.6 Å². The SMILES string of the molecule is CCCN(CC1CC1)C(=O)CCC[C@@H]1[C@H]2CCCN3CCC[C@@H](CN1C(=O)c1cccnc1)[C@@H]23. The molecule has 0 unspecified atom stereocenters. The second-order valence-electron chi connectivity index (χ2n) is 11.2. The fourth-order valence-electron chi connectivity index (χ4n) is 7.07. The van der Waals surface area contributed by atoms with Crippen LogP contribution >= 0.6 is 0 Å². The van der Waals surface area contributed by atoms with Crippen LogP contribution in [0.1, 0.15) is 81.5 Å². The lowest BCUT2D eigenvalue weighted by Crippen LogP contribution is -2.65. The van der Waals surface area contributed by atoms with Crippen molar-refractivity contribution < 1.29 is 9.59 Å². The van der Waals surface area contributed by atoms with Crippen LogP contribution < -0.4 is 0 Å². The van der Waals surface area contributed by atoms with Crippen molar-refractivity contribution in [2.75, 3.05) is 32.7 Å². The molecule has 0 radical (unpaired) electrons. The summed E-state index contributed by atoms with van der Waals surface area (Å²) in [5, 5.41) is 0. The monoisotopic (exact) mass is 466 g/mol. The topological polar surface area (TPSA) is 56.8 Å². The lowest BCUT2D eigenvalue weighted by molar-refractivity contribution is -0.131. The van der Waals surface area contributed by atoms with Crippen molar-refractivity contribution in [3.05, 3.63) is 30.1 Å². The van der Waals surface area contributed by atoms with Crippen molar-refractivity contribution in [2.45, 2.75) is 83.2 Å². The maximum absolute atomic E-state index is 13.7. The quantitative estimate of drug-likeness (QED) is 0.547. The molecule has 3 aliphatic heterocycles. The van der Waals surface area contributed by atoms with Crippen LogP contribution in [0.5, 0.6) is 0 Å². The second-order valence-corrected chi connectivity index (χ2v) is 11.2. The van der Waals surface area contributed by atoms with E-state index in [4.69, 9.17) is 0 Å². The number of aromatic nitrogens is 1. The fourth-order valence-corrected chi connectivity index (χ4v) is 7.07. The third kappa shape index (κ3) is 5.17. The Labute approximate surface area is 205 Å². The molecule has 4 aliphatic rings. The van der Waals surface area contributed by atoms with Crippen LogP contribution in [-0.4, -0.2) is 76.3 Å². The Kier molecular flexibility index (Phi) is 7.52. The van der Waals surface area contributed by atoms with Crippen LogP contribution in [0.2, 0.25) is 0 Å². The van der Waals surface area contributed by atoms with Crippen molar-refractivity contribution in [1.29, 1.82) is 0 Å². The molecule has 4 atom stereocenters. The highest BCUT2D eigenvalue weighted by Gasteiger charge is 2.49. The van der Waals surface area contributed by atoms with E-state index in [9.17, 15) is 9.59 Å². The maximum Gasteiger partial charge on any atom is 0.255 e. The maximum atomic E-state index is 13.7. The normalized spacial score (nSPS) is 28.9. The van der Waals surface area contributed by atoms with E-state index in [1.54, 1.807) is 12.4 Å². The second kappa shape index (κ2) is 10.8. The molecule has 34 heavy (non-hydrogen) atoms. The molecule has 0 N–H and O–H groups in total. The van der Waals surface area contributed by atoms with E-state index in [-0.39, 0.29) is 11.9 Å². The molecule has 0 spiro atoms. The summed E-state index contributed by atoms with van der Waals surface area (Å²) in [4.78, 5) is 37.9. The van der Waals surface area contributed by atoms with E-state index in [0.29, 0.717) is 35.8 Å². The number of hydrogen-bond donors (Lipinski definition) is 0. The highest BCUT2D eigenvalue weighted by Crippen LogP contribution is 2.43. The lowest BCUT2D eigenvalue weighted by Gasteiger charge is -2.57. The van der Waals surface area contributed by atoms with E-state index < -0.39 is 0 Å².